The Bertz CT molecular complexity index is 385. The minimum atomic E-state index is 0.892. The quantitative estimate of drug-likeness (QED) is 0.731. The molecule has 0 saturated carbocycles. The topological polar surface area (TPSA) is 42.3 Å². The van der Waals surface area contributed by atoms with Crippen molar-refractivity contribution in [3.63, 3.8) is 0 Å². The van der Waals surface area contributed by atoms with E-state index in [-0.39, 0.29) is 0 Å². The van der Waals surface area contributed by atoms with Crippen molar-refractivity contribution >= 4 is 0 Å². The summed E-state index contributed by atoms with van der Waals surface area (Å²) in [4.78, 5) is 2.48. The van der Waals surface area contributed by atoms with E-state index in [0.717, 1.165) is 58.1 Å². The molecule has 1 N–H and O–H groups in total. The third-order valence-electron chi connectivity index (χ3n) is 3.75. The summed E-state index contributed by atoms with van der Waals surface area (Å²) in [5.74, 6) is 0. The van der Waals surface area contributed by atoms with Gasteiger partial charge in [0.2, 0.25) is 0 Å². The zero-order valence-corrected chi connectivity index (χ0v) is 12.9. The van der Waals surface area contributed by atoms with Crippen LogP contribution in [0.15, 0.2) is 6.20 Å². The fraction of sp³-hybridized carbons (Fsp3) is 0.800. The number of nitrogens with zero attached hydrogens (tertiary/aromatic N) is 3. The van der Waals surface area contributed by atoms with Crippen LogP contribution in [0.4, 0.5) is 0 Å². The number of hydrogen-bond donors (Lipinski definition) is 1. The first-order valence-corrected chi connectivity index (χ1v) is 7.83. The largest absolute Gasteiger partial charge is 0.379 e. The highest BCUT2D eigenvalue weighted by atomic mass is 16.5. The third-order valence-corrected chi connectivity index (χ3v) is 3.75. The van der Waals surface area contributed by atoms with Gasteiger partial charge in [0.05, 0.1) is 18.9 Å². The zero-order valence-electron chi connectivity index (χ0n) is 12.9. The Morgan fingerprint density at radius 1 is 1.30 bits per heavy atom. The van der Waals surface area contributed by atoms with Crippen molar-refractivity contribution in [2.75, 3.05) is 39.4 Å². The number of aryl methyl sites for hydroxylation is 2. The number of morpholine rings is 1. The van der Waals surface area contributed by atoms with Crippen molar-refractivity contribution in [3.8, 4) is 0 Å². The summed E-state index contributed by atoms with van der Waals surface area (Å²) in [6.45, 7) is 12.4. The van der Waals surface area contributed by atoms with Crippen molar-refractivity contribution in [1.82, 2.24) is 20.0 Å². The van der Waals surface area contributed by atoms with E-state index >= 15 is 0 Å². The van der Waals surface area contributed by atoms with Gasteiger partial charge in [-0.15, -0.1) is 0 Å². The van der Waals surface area contributed by atoms with Crippen molar-refractivity contribution in [3.05, 3.63) is 17.5 Å². The first kappa shape index (κ1) is 15.5. The molecule has 20 heavy (non-hydrogen) atoms. The van der Waals surface area contributed by atoms with E-state index in [1.54, 1.807) is 0 Å². The summed E-state index contributed by atoms with van der Waals surface area (Å²) in [6, 6.07) is 0. The van der Waals surface area contributed by atoms with Crippen LogP contribution in [0.1, 0.15) is 31.0 Å². The van der Waals surface area contributed by atoms with Gasteiger partial charge < -0.3 is 10.1 Å². The lowest BCUT2D eigenvalue weighted by molar-refractivity contribution is 0.0374. The molecule has 1 fully saturated rings. The van der Waals surface area contributed by atoms with E-state index in [2.05, 4.69) is 40.0 Å². The summed E-state index contributed by atoms with van der Waals surface area (Å²) in [7, 11) is 0. The molecule has 5 nitrogen and oxygen atoms in total. The first-order chi connectivity index (χ1) is 9.79. The number of nitrogens with one attached hydrogen (secondary N) is 1. The second kappa shape index (κ2) is 8.39. The van der Waals surface area contributed by atoms with Crippen LogP contribution in [-0.4, -0.2) is 54.1 Å². The molecule has 1 aromatic heterocycles. The Hall–Kier alpha value is -0.910. The molecule has 114 valence electrons. The maximum atomic E-state index is 5.35. The van der Waals surface area contributed by atoms with E-state index in [1.807, 2.05) is 0 Å². The molecular weight excluding hydrogens is 252 g/mol. The molecule has 0 aliphatic carbocycles. The van der Waals surface area contributed by atoms with Crippen molar-refractivity contribution in [2.24, 2.45) is 0 Å². The minimum Gasteiger partial charge on any atom is -0.379 e. The van der Waals surface area contributed by atoms with Gasteiger partial charge in [0.15, 0.2) is 0 Å². The maximum absolute atomic E-state index is 5.35. The molecule has 5 heteroatoms. The molecule has 0 amide bonds. The Morgan fingerprint density at radius 3 is 2.85 bits per heavy atom. The van der Waals surface area contributed by atoms with Gasteiger partial charge in [-0.05, 0) is 32.9 Å². The second-order valence-electron chi connectivity index (χ2n) is 5.49. The summed E-state index contributed by atoms with van der Waals surface area (Å²) in [5.41, 5.74) is 2.48. The molecule has 1 aliphatic heterocycles. The Kier molecular flexibility index (Phi) is 6.50. The van der Waals surface area contributed by atoms with E-state index in [0.29, 0.717) is 0 Å². The standard InChI is InChI=1S/C15H28N4O/c1-3-6-19-13-15(14(2)17-19)12-16-5-4-7-18-8-10-20-11-9-18/h13,16H,3-12H2,1-2H3. The van der Waals surface area contributed by atoms with Crippen LogP contribution < -0.4 is 5.32 Å². The normalized spacial score (nSPS) is 16.7. The van der Waals surface area contributed by atoms with Crippen LogP contribution >= 0.6 is 0 Å². The van der Waals surface area contributed by atoms with Crippen LogP contribution in [-0.2, 0) is 17.8 Å². The lowest BCUT2D eigenvalue weighted by Crippen LogP contribution is -2.37. The number of hydrogen-bond acceptors (Lipinski definition) is 4. The predicted octanol–water partition coefficient (Wildman–Crippen LogP) is 1.41. The molecule has 1 saturated heterocycles. The van der Waals surface area contributed by atoms with Crippen LogP contribution in [0, 0.1) is 6.92 Å². The highest BCUT2D eigenvalue weighted by Gasteiger charge is 2.09. The third kappa shape index (κ3) is 4.89. The number of rotatable bonds is 8. The van der Waals surface area contributed by atoms with Crippen LogP contribution in [0.25, 0.3) is 0 Å². The molecular formula is C15H28N4O. The van der Waals surface area contributed by atoms with Crippen LogP contribution in [0.5, 0.6) is 0 Å². The Labute approximate surface area is 122 Å². The molecule has 0 radical (unpaired) electrons. The molecule has 1 aliphatic rings. The van der Waals surface area contributed by atoms with E-state index in [4.69, 9.17) is 4.74 Å². The zero-order chi connectivity index (χ0) is 14.2. The lowest BCUT2D eigenvalue weighted by Gasteiger charge is -2.26. The second-order valence-corrected chi connectivity index (χ2v) is 5.49. The van der Waals surface area contributed by atoms with Gasteiger partial charge in [0.25, 0.3) is 0 Å². The SMILES string of the molecule is CCCn1cc(CNCCCN2CCOCC2)c(C)n1. The fourth-order valence-corrected chi connectivity index (χ4v) is 2.55. The molecule has 2 rings (SSSR count). The molecule has 0 atom stereocenters. The van der Waals surface area contributed by atoms with Gasteiger partial charge in [0.1, 0.15) is 0 Å². The van der Waals surface area contributed by atoms with Gasteiger partial charge >= 0.3 is 0 Å². The van der Waals surface area contributed by atoms with E-state index in [9.17, 15) is 0 Å². The highest BCUT2D eigenvalue weighted by Crippen LogP contribution is 2.06. The molecule has 0 spiro atoms. The summed E-state index contributed by atoms with van der Waals surface area (Å²) < 4.78 is 7.41. The Morgan fingerprint density at radius 2 is 2.10 bits per heavy atom. The summed E-state index contributed by atoms with van der Waals surface area (Å²) in [6.07, 6.45) is 4.50. The van der Waals surface area contributed by atoms with E-state index in [1.165, 1.54) is 18.5 Å². The van der Waals surface area contributed by atoms with Crippen LogP contribution in [0.3, 0.4) is 0 Å². The molecule has 0 aromatic carbocycles. The maximum Gasteiger partial charge on any atom is 0.0638 e. The Balaban J connectivity index is 1.60. The summed E-state index contributed by atoms with van der Waals surface area (Å²) >= 11 is 0. The average molecular weight is 280 g/mol. The molecule has 0 bridgehead atoms. The average Bonchev–Trinajstić information content (AvgIpc) is 2.80. The molecule has 1 aromatic rings. The van der Waals surface area contributed by atoms with Gasteiger partial charge in [-0.25, -0.2) is 0 Å². The van der Waals surface area contributed by atoms with Gasteiger partial charge in [-0.1, -0.05) is 6.92 Å². The van der Waals surface area contributed by atoms with Gasteiger partial charge in [0, 0.05) is 37.9 Å². The molecule has 0 unspecified atom stereocenters. The smallest absolute Gasteiger partial charge is 0.0638 e. The van der Waals surface area contributed by atoms with E-state index < -0.39 is 0 Å². The van der Waals surface area contributed by atoms with Gasteiger partial charge in [-0.2, -0.15) is 5.10 Å². The highest BCUT2D eigenvalue weighted by molar-refractivity contribution is 5.14. The number of aromatic nitrogens is 2. The predicted molar refractivity (Wildman–Crippen MR) is 80.8 cm³/mol. The van der Waals surface area contributed by atoms with Gasteiger partial charge in [-0.3, -0.25) is 9.58 Å². The monoisotopic (exact) mass is 280 g/mol. The van der Waals surface area contributed by atoms with Crippen molar-refractivity contribution < 1.29 is 4.74 Å². The first-order valence-electron chi connectivity index (χ1n) is 7.83. The van der Waals surface area contributed by atoms with Crippen molar-refractivity contribution in [2.45, 2.75) is 39.8 Å². The lowest BCUT2D eigenvalue weighted by atomic mass is 10.2. The summed E-state index contributed by atoms with van der Waals surface area (Å²) in [5, 5.41) is 8.05. The minimum absolute atomic E-state index is 0.892. The van der Waals surface area contributed by atoms with Crippen molar-refractivity contribution in [1.29, 1.82) is 0 Å². The molecule has 2 heterocycles. The fourth-order valence-electron chi connectivity index (χ4n) is 2.55. The van der Waals surface area contributed by atoms with Crippen LogP contribution in [0.2, 0.25) is 0 Å². The number of ether oxygens (including phenoxy) is 1.